The van der Waals surface area contributed by atoms with Gasteiger partial charge in [0, 0.05) is 13.1 Å². The summed E-state index contributed by atoms with van der Waals surface area (Å²) >= 11 is 11.8. The number of likely N-dealkylation sites (tertiary alicyclic amines) is 1. The topological polar surface area (TPSA) is 33.2 Å². The minimum Gasteiger partial charge on any atom is -0.337 e. The summed E-state index contributed by atoms with van der Waals surface area (Å²) in [7, 11) is 0. The Kier molecular flexibility index (Phi) is 4.69. The van der Waals surface area contributed by atoms with Crippen molar-refractivity contribution in [2.45, 2.75) is 26.7 Å². The number of carbonyl (C=O) groups excluding carboxylic acids is 1. The van der Waals surface area contributed by atoms with Gasteiger partial charge in [0.15, 0.2) is 0 Å². The highest BCUT2D eigenvalue weighted by molar-refractivity contribution is 6.34. The van der Waals surface area contributed by atoms with Gasteiger partial charge in [0.1, 0.15) is 10.8 Å². The molecule has 1 aliphatic rings. The zero-order valence-electron chi connectivity index (χ0n) is 11.2. The van der Waals surface area contributed by atoms with E-state index in [0.29, 0.717) is 22.0 Å². The van der Waals surface area contributed by atoms with Gasteiger partial charge in [-0.05, 0) is 36.8 Å². The molecule has 1 aromatic heterocycles. The lowest BCUT2D eigenvalue weighted by Gasteiger charge is -2.33. The number of nitrogens with zero attached hydrogens (tertiary/aromatic N) is 2. The summed E-state index contributed by atoms with van der Waals surface area (Å²) in [5.41, 5.74) is 0.261. The van der Waals surface area contributed by atoms with Gasteiger partial charge in [0.2, 0.25) is 0 Å². The Labute approximate surface area is 123 Å². The number of carbonyl (C=O) groups is 1. The van der Waals surface area contributed by atoms with Gasteiger partial charge in [-0.25, -0.2) is 4.98 Å². The highest BCUT2D eigenvalue weighted by Gasteiger charge is 2.27. The van der Waals surface area contributed by atoms with Crippen molar-refractivity contribution in [2.75, 3.05) is 13.1 Å². The first-order valence-corrected chi connectivity index (χ1v) is 7.36. The molecule has 1 aromatic rings. The van der Waals surface area contributed by atoms with Crippen molar-refractivity contribution >= 4 is 29.1 Å². The number of hydrogen-bond acceptors (Lipinski definition) is 2. The van der Waals surface area contributed by atoms with Crippen LogP contribution >= 0.6 is 23.2 Å². The van der Waals surface area contributed by atoms with Crippen molar-refractivity contribution in [1.29, 1.82) is 0 Å². The van der Waals surface area contributed by atoms with Gasteiger partial charge in [0.25, 0.3) is 5.91 Å². The maximum Gasteiger partial charge on any atom is 0.274 e. The van der Waals surface area contributed by atoms with Crippen LogP contribution < -0.4 is 0 Å². The normalized spacial score (nSPS) is 17.0. The number of pyridine rings is 1. The Balaban J connectivity index is 2.07. The van der Waals surface area contributed by atoms with E-state index in [9.17, 15) is 4.79 Å². The molecule has 0 bridgehead atoms. The third kappa shape index (κ3) is 3.40. The minimum absolute atomic E-state index is 0.116. The average Bonchev–Trinajstić information content (AvgIpc) is 2.41. The van der Waals surface area contributed by atoms with Crippen LogP contribution in [-0.2, 0) is 0 Å². The molecule has 0 unspecified atom stereocenters. The largest absolute Gasteiger partial charge is 0.337 e. The molecule has 3 nitrogen and oxygen atoms in total. The third-order valence-corrected chi connectivity index (χ3v) is 4.30. The molecule has 1 amide bonds. The summed E-state index contributed by atoms with van der Waals surface area (Å²) in [6.45, 7) is 6.01. The Hall–Kier alpha value is -0.800. The molecule has 0 N–H and O–H groups in total. The van der Waals surface area contributed by atoms with E-state index in [2.05, 4.69) is 18.8 Å². The van der Waals surface area contributed by atoms with Gasteiger partial charge in [0.05, 0.1) is 5.02 Å². The molecule has 1 fully saturated rings. The molecule has 0 aromatic carbocycles. The Morgan fingerprint density at radius 3 is 2.53 bits per heavy atom. The van der Waals surface area contributed by atoms with Gasteiger partial charge < -0.3 is 4.90 Å². The first-order chi connectivity index (χ1) is 8.99. The molecular formula is C14H18Cl2N2O. The summed E-state index contributed by atoms with van der Waals surface area (Å²) in [6, 6.07) is 3.21. The summed E-state index contributed by atoms with van der Waals surface area (Å²) < 4.78 is 0. The van der Waals surface area contributed by atoms with E-state index in [-0.39, 0.29) is 11.6 Å². The Morgan fingerprint density at radius 2 is 1.95 bits per heavy atom. The van der Waals surface area contributed by atoms with Crippen LogP contribution in [0.3, 0.4) is 0 Å². The predicted molar refractivity (Wildman–Crippen MR) is 77.7 cm³/mol. The molecule has 0 aliphatic carbocycles. The molecule has 1 saturated heterocycles. The van der Waals surface area contributed by atoms with Crippen molar-refractivity contribution < 1.29 is 4.79 Å². The maximum absolute atomic E-state index is 12.4. The lowest BCUT2D eigenvalue weighted by Crippen LogP contribution is -2.40. The highest BCUT2D eigenvalue weighted by Crippen LogP contribution is 2.26. The van der Waals surface area contributed by atoms with Crippen LogP contribution in [0.4, 0.5) is 0 Å². The van der Waals surface area contributed by atoms with Crippen LogP contribution in [0, 0.1) is 11.8 Å². The molecule has 19 heavy (non-hydrogen) atoms. The number of amides is 1. The van der Waals surface area contributed by atoms with E-state index in [1.165, 1.54) is 0 Å². The monoisotopic (exact) mass is 300 g/mol. The number of halogens is 2. The van der Waals surface area contributed by atoms with Gasteiger partial charge in [-0.2, -0.15) is 0 Å². The van der Waals surface area contributed by atoms with Crippen molar-refractivity contribution in [2.24, 2.45) is 11.8 Å². The van der Waals surface area contributed by atoms with Crippen molar-refractivity contribution in [3.8, 4) is 0 Å². The molecule has 0 atom stereocenters. The standard InChI is InChI=1S/C14H18Cl2N2O/c1-9(2)10-5-7-18(8-6-10)14(19)13-11(15)3-4-12(16)17-13/h3-4,9-10H,5-8H2,1-2H3. The first-order valence-electron chi connectivity index (χ1n) is 6.60. The van der Waals surface area contributed by atoms with E-state index in [1.54, 1.807) is 12.1 Å². The number of aromatic nitrogens is 1. The fourth-order valence-electron chi connectivity index (χ4n) is 2.49. The van der Waals surface area contributed by atoms with Gasteiger partial charge in [-0.1, -0.05) is 37.0 Å². The predicted octanol–water partition coefficient (Wildman–Crippen LogP) is 3.90. The van der Waals surface area contributed by atoms with Crippen molar-refractivity contribution in [3.05, 3.63) is 28.0 Å². The summed E-state index contributed by atoms with van der Waals surface area (Å²) in [6.07, 6.45) is 2.09. The summed E-state index contributed by atoms with van der Waals surface area (Å²) in [5.74, 6) is 1.26. The van der Waals surface area contributed by atoms with Crippen LogP contribution in [-0.4, -0.2) is 28.9 Å². The molecule has 0 spiro atoms. The van der Waals surface area contributed by atoms with Crippen LogP contribution in [0.2, 0.25) is 10.2 Å². The lowest BCUT2D eigenvalue weighted by molar-refractivity contribution is 0.0662. The summed E-state index contributed by atoms with van der Waals surface area (Å²) in [4.78, 5) is 18.2. The number of hydrogen-bond donors (Lipinski definition) is 0. The molecule has 104 valence electrons. The second-order valence-electron chi connectivity index (χ2n) is 5.34. The molecule has 5 heteroatoms. The van der Waals surface area contributed by atoms with Gasteiger partial charge in [-0.15, -0.1) is 0 Å². The average molecular weight is 301 g/mol. The van der Waals surface area contributed by atoms with Crippen LogP contribution in [0.15, 0.2) is 12.1 Å². The first kappa shape index (κ1) is 14.6. The SMILES string of the molecule is CC(C)C1CCN(C(=O)c2nc(Cl)ccc2Cl)CC1. The van der Waals surface area contributed by atoms with Crippen molar-refractivity contribution in [1.82, 2.24) is 9.88 Å². The smallest absolute Gasteiger partial charge is 0.274 e. The van der Waals surface area contributed by atoms with E-state index in [4.69, 9.17) is 23.2 Å². The maximum atomic E-state index is 12.4. The fraction of sp³-hybridized carbons (Fsp3) is 0.571. The van der Waals surface area contributed by atoms with E-state index < -0.39 is 0 Å². The second-order valence-corrected chi connectivity index (χ2v) is 6.13. The zero-order chi connectivity index (χ0) is 14.0. The number of piperidine rings is 1. The van der Waals surface area contributed by atoms with Crippen LogP contribution in [0.25, 0.3) is 0 Å². The zero-order valence-corrected chi connectivity index (χ0v) is 12.7. The van der Waals surface area contributed by atoms with Crippen LogP contribution in [0.5, 0.6) is 0 Å². The third-order valence-electron chi connectivity index (χ3n) is 3.78. The second kappa shape index (κ2) is 6.10. The van der Waals surface area contributed by atoms with E-state index >= 15 is 0 Å². The minimum atomic E-state index is -0.116. The quantitative estimate of drug-likeness (QED) is 0.776. The van der Waals surface area contributed by atoms with Gasteiger partial charge >= 0.3 is 0 Å². The molecule has 2 rings (SSSR count). The molecule has 2 heterocycles. The number of rotatable bonds is 2. The fourth-order valence-corrected chi connectivity index (χ4v) is 2.82. The molecule has 0 radical (unpaired) electrons. The van der Waals surface area contributed by atoms with E-state index in [0.717, 1.165) is 25.9 Å². The Bertz CT molecular complexity index is 469. The van der Waals surface area contributed by atoms with Crippen LogP contribution in [0.1, 0.15) is 37.2 Å². The van der Waals surface area contributed by atoms with Crippen molar-refractivity contribution in [3.63, 3.8) is 0 Å². The van der Waals surface area contributed by atoms with Gasteiger partial charge in [-0.3, -0.25) is 4.79 Å². The molecule has 1 aliphatic heterocycles. The van der Waals surface area contributed by atoms with E-state index in [1.807, 2.05) is 4.90 Å². The lowest BCUT2D eigenvalue weighted by atomic mass is 9.86. The Morgan fingerprint density at radius 1 is 1.32 bits per heavy atom. The highest BCUT2D eigenvalue weighted by atomic mass is 35.5. The summed E-state index contributed by atoms with van der Waals surface area (Å²) in [5, 5.41) is 0.658. The molecular weight excluding hydrogens is 283 g/mol. The molecule has 0 saturated carbocycles.